The summed E-state index contributed by atoms with van der Waals surface area (Å²) in [6.07, 6.45) is 1.62. The summed E-state index contributed by atoms with van der Waals surface area (Å²) in [5.74, 6) is 8.13. The van der Waals surface area contributed by atoms with Crippen molar-refractivity contribution in [1.29, 1.82) is 0 Å². The Morgan fingerprint density at radius 1 is 1.12 bits per heavy atom. The molecule has 2 bridgehead atoms. The summed E-state index contributed by atoms with van der Waals surface area (Å²) in [6, 6.07) is 7.60. The predicted octanol–water partition coefficient (Wildman–Crippen LogP) is 0.815. The highest BCUT2D eigenvalue weighted by Gasteiger charge is 2.27. The van der Waals surface area contributed by atoms with Crippen LogP contribution in [-0.2, 0) is 0 Å². The molecule has 4 rings (SSSR count). The maximum atomic E-state index is 11.6. The van der Waals surface area contributed by atoms with Crippen LogP contribution in [0.1, 0.15) is 21.5 Å². The minimum absolute atomic E-state index is 0.135. The third-order valence-electron chi connectivity index (χ3n) is 2.70. The van der Waals surface area contributed by atoms with Gasteiger partial charge in [0.1, 0.15) is 0 Å². The van der Waals surface area contributed by atoms with Crippen LogP contribution in [0.3, 0.4) is 0 Å². The summed E-state index contributed by atoms with van der Waals surface area (Å²) >= 11 is 0. The molecule has 1 heterocycles. The van der Waals surface area contributed by atoms with Gasteiger partial charge in [-0.2, -0.15) is 10.2 Å². The summed E-state index contributed by atoms with van der Waals surface area (Å²) in [5, 5.41) is 7.83. The fourth-order valence-electron chi connectivity index (χ4n) is 1.86. The van der Waals surface area contributed by atoms with Gasteiger partial charge in [-0.1, -0.05) is 0 Å². The summed E-state index contributed by atoms with van der Waals surface area (Å²) < 4.78 is 0. The van der Waals surface area contributed by atoms with Crippen LogP contribution in [0.4, 0.5) is 0 Å². The maximum Gasteiger partial charge on any atom is 0.194 e. The molecule has 0 fully saturated rings. The van der Waals surface area contributed by atoms with Crippen molar-refractivity contribution in [2.24, 2.45) is 11.7 Å². The highest BCUT2D eigenvalue weighted by molar-refractivity contribution is 6.21. The predicted molar refractivity (Wildman–Crippen MR) is 64.0 cm³/mol. The maximum absolute atomic E-state index is 11.6. The van der Waals surface area contributed by atoms with Gasteiger partial charge in [-0.15, -0.1) is 0 Å². The molecule has 4 N–H and O–H groups in total. The van der Waals surface area contributed by atoms with E-state index in [0.29, 0.717) is 0 Å². The number of ketones is 1. The van der Waals surface area contributed by atoms with Crippen LogP contribution in [-0.4, -0.2) is 16.0 Å². The average Bonchev–Trinajstić information content (AvgIpc) is 2.40. The second-order valence-electron chi connectivity index (χ2n) is 3.65. The van der Waals surface area contributed by atoms with Crippen LogP contribution in [0.2, 0.25) is 0 Å². The Labute approximate surface area is 98.4 Å². The van der Waals surface area contributed by atoms with Crippen molar-refractivity contribution in [3.8, 4) is 11.3 Å². The van der Waals surface area contributed by atoms with Gasteiger partial charge in [0, 0.05) is 22.9 Å². The van der Waals surface area contributed by atoms with Gasteiger partial charge in [0.15, 0.2) is 5.78 Å². The molecule has 0 atom stereocenters. The Morgan fingerprint density at radius 3 is 2.41 bits per heavy atom. The number of aryl methyl sites for hydroxylation is 1. The molecule has 2 aliphatic rings. The van der Waals surface area contributed by atoms with Gasteiger partial charge in [0.05, 0.1) is 5.69 Å². The van der Waals surface area contributed by atoms with E-state index in [1.54, 1.807) is 6.20 Å². The normalized spacial score (nSPS) is 11.4. The second-order valence-corrected chi connectivity index (χ2v) is 3.65. The van der Waals surface area contributed by atoms with Gasteiger partial charge in [-0.25, -0.2) is 0 Å². The van der Waals surface area contributed by atoms with Crippen molar-refractivity contribution in [1.82, 2.24) is 10.2 Å². The largest absolute Gasteiger partial charge is 0.289 e. The molecule has 2 aromatic rings. The van der Waals surface area contributed by atoms with Crippen molar-refractivity contribution in [2.75, 3.05) is 0 Å². The Kier molecular flexibility index (Phi) is 2.95. The van der Waals surface area contributed by atoms with Gasteiger partial charge in [-0.3, -0.25) is 16.5 Å². The third kappa shape index (κ3) is 1.71. The lowest BCUT2D eigenvalue weighted by Crippen LogP contribution is -2.16. The first-order valence-electron chi connectivity index (χ1n) is 5.08. The van der Waals surface area contributed by atoms with E-state index in [1.165, 1.54) is 0 Å². The van der Waals surface area contributed by atoms with E-state index in [1.807, 2.05) is 31.2 Å². The SMILES string of the molecule is Cc1cc(-c2cccnn2)c2cc1C2=O.NN. The fourth-order valence-corrected chi connectivity index (χ4v) is 1.86. The first kappa shape index (κ1) is 11.4. The number of carbonyl (C=O) groups is 1. The summed E-state index contributed by atoms with van der Waals surface area (Å²) in [5.41, 5.74) is 4.25. The number of hydrogen-bond acceptors (Lipinski definition) is 5. The molecule has 0 spiro atoms. The first-order chi connectivity index (χ1) is 8.27. The molecular formula is C12H12N4O. The van der Waals surface area contributed by atoms with Crippen molar-refractivity contribution < 1.29 is 4.79 Å². The number of aromatic nitrogens is 2. The number of fused-ring (bicyclic) bond motifs is 2. The van der Waals surface area contributed by atoms with Crippen molar-refractivity contribution in [2.45, 2.75) is 6.92 Å². The summed E-state index contributed by atoms with van der Waals surface area (Å²) in [7, 11) is 0. The molecular weight excluding hydrogens is 216 g/mol. The van der Waals surface area contributed by atoms with Gasteiger partial charge in [-0.05, 0) is 36.8 Å². The lowest BCUT2D eigenvalue weighted by molar-refractivity contribution is 0.102. The minimum atomic E-state index is 0.135. The molecule has 86 valence electrons. The third-order valence-corrected chi connectivity index (χ3v) is 2.70. The standard InChI is InChI=1S/C12H8N2O.H4N2/c1-7-5-9(10-6-8(7)12(10)15)11-3-2-4-13-14-11;1-2/h2-6H,1H3;1-2H2. The molecule has 1 aromatic carbocycles. The highest BCUT2D eigenvalue weighted by atomic mass is 16.1. The Bertz CT molecular complexity index is 566. The van der Waals surface area contributed by atoms with Crippen LogP contribution in [0.5, 0.6) is 0 Å². The number of nitrogens with two attached hydrogens (primary N) is 2. The quantitative estimate of drug-likeness (QED) is 0.475. The molecule has 5 nitrogen and oxygen atoms in total. The topological polar surface area (TPSA) is 94.9 Å². The molecule has 0 amide bonds. The van der Waals surface area contributed by atoms with E-state index >= 15 is 0 Å². The van der Waals surface area contributed by atoms with Gasteiger partial charge in [0.25, 0.3) is 0 Å². The smallest absolute Gasteiger partial charge is 0.194 e. The van der Waals surface area contributed by atoms with E-state index in [4.69, 9.17) is 0 Å². The van der Waals surface area contributed by atoms with Crippen LogP contribution < -0.4 is 11.7 Å². The van der Waals surface area contributed by atoms with E-state index in [-0.39, 0.29) is 5.78 Å². The fraction of sp³-hybridized carbons (Fsp3) is 0.0833. The summed E-state index contributed by atoms with van der Waals surface area (Å²) in [6.45, 7) is 1.94. The van der Waals surface area contributed by atoms with Gasteiger partial charge < -0.3 is 0 Å². The Balaban J connectivity index is 0.000000514. The Morgan fingerprint density at radius 2 is 1.88 bits per heavy atom. The zero-order valence-electron chi connectivity index (χ0n) is 9.34. The monoisotopic (exact) mass is 228 g/mol. The number of nitrogens with zero attached hydrogens (tertiary/aromatic N) is 2. The van der Waals surface area contributed by atoms with Crippen LogP contribution in [0.15, 0.2) is 30.5 Å². The second kappa shape index (κ2) is 4.40. The average molecular weight is 228 g/mol. The van der Waals surface area contributed by atoms with E-state index < -0.39 is 0 Å². The number of rotatable bonds is 1. The number of hydrogen-bond donors (Lipinski definition) is 2. The first-order valence-corrected chi connectivity index (χ1v) is 5.08. The Hall–Kier alpha value is -2.11. The number of carbonyl (C=O) groups excluding carboxylic acids is 1. The molecule has 0 saturated heterocycles. The molecule has 0 aliphatic heterocycles. The van der Waals surface area contributed by atoms with Crippen molar-refractivity contribution in [3.05, 3.63) is 47.2 Å². The molecule has 0 radical (unpaired) electrons. The highest BCUT2D eigenvalue weighted by Crippen LogP contribution is 2.34. The van der Waals surface area contributed by atoms with Crippen LogP contribution in [0, 0.1) is 6.92 Å². The van der Waals surface area contributed by atoms with E-state index in [0.717, 1.165) is 27.9 Å². The van der Waals surface area contributed by atoms with Crippen molar-refractivity contribution >= 4 is 5.78 Å². The van der Waals surface area contributed by atoms with E-state index in [2.05, 4.69) is 21.9 Å². The molecule has 1 aromatic heterocycles. The zero-order valence-corrected chi connectivity index (χ0v) is 9.34. The lowest BCUT2D eigenvalue weighted by Gasteiger charge is -2.20. The zero-order chi connectivity index (χ0) is 12.4. The van der Waals surface area contributed by atoms with Crippen LogP contribution >= 0.6 is 0 Å². The molecule has 0 unspecified atom stereocenters. The van der Waals surface area contributed by atoms with Crippen molar-refractivity contribution in [3.63, 3.8) is 0 Å². The number of benzene rings is 1. The van der Waals surface area contributed by atoms with Gasteiger partial charge in [0.2, 0.25) is 0 Å². The molecule has 17 heavy (non-hydrogen) atoms. The minimum Gasteiger partial charge on any atom is -0.289 e. The molecule has 5 heteroatoms. The lowest BCUT2D eigenvalue weighted by atomic mass is 9.82. The number of hydrazine groups is 1. The van der Waals surface area contributed by atoms with Crippen LogP contribution in [0.25, 0.3) is 11.3 Å². The van der Waals surface area contributed by atoms with E-state index in [9.17, 15) is 4.79 Å². The molecule has 0 saturated carbocycles. The van der Waals surface area contributed by atoms with Gasteiger partial charge >= 0.3 is 0 Å². The summed E-state index contributed by atoms with van der Waals surface area (Å²) in [4.78, 5) is 11.6. The molecule has 2 aliphatic carbocycles.